The van der Waals surface area contributed by atoms with Gasteiger partial charge in [-0.15, -0.1) is 11.6 Å². The minimum Gasteiger partial charge on any atom is -0.464 e. The zero-order valence-electron chi connectivity index (χ0n) is 14.1. The van der Waals surface area contributed by atoms with E-state index < -0.39 is 22.0 Å². The fourth-order valence-electron chi connectivity index (χ4n) is 2.61. The van der Waals surface area contributed by atoms with Crippen LogP contribution in [0.15, 0.2) is 53.4 Å². The van der Waals surface area contributed by atoms with E-state index in [2.05, 4.69) is 10.0 Å². The summed E-state index contributed by atoms with van der Waals surface area (Å²) in [6, 6.07) is 11.9. The minimum atomic E-state index is -3.93. The van der Waals surface area contributed by atoms with Crippen LogP contribution in [0.2, 0.25) is 0 Å². The number of rotatable bonds is 6. The first-order chi connectivity index (χ1) is 12.9. The van der Waals surface area contributed by atoms with Gasteiger partial charge in [0.15, 0.2) is 0 Å². The predicted octanol–water partition coefficient (Wildman–Crippen LogP) is 2.27. The van der Waals surface area contributed by atoms with Gasteiger partial charge < -0.3 is 10.1 Å². The second-order valence-corrected chi connectivity index (χ2v) is 7.88. The van der Waals surface area contributed by atoms with Gasteiger partial charge in [-0.05, 0) is 35.9 Å². The topological polar surface area (TPSA) is 102 Å². The molecule has 9 heteroatoms. The highest BCUT2D eigenvalue weighted by atomic mass is 35.5. The van der Waals surface area contributed by atoms with E-state index in [-0.39, 0.29) is 29.7 Å². The summed E-state index contributed by atoms with van der Waals surface area (Å²) in [6.07, 6.45) is 0.283. The first-order valence-corrected chi connectivity index (χ1v) is 10.2. The maximum Gasteiger partial charge on any atom is 0.324 e. The van der Waals surface area contributed by atoms with Crippen molar-refractivity contribution in [3.8, 4) is 0 Å². The maximum atomic E-state index is 12.5. The number of halogens is 1. The number of sulfonamides is 1. The summed E-state index contributed by atoms with van der Waals surface area (Å²) in [5.74, 6) is -0.925. The van der Waals surface area contributed by atoms with Crippen LogP contribution in [0.5, 0.6) is 0 Å². The van der Waals surface area contributed by atoms with Crippen LogP contribution in [-0.4, -0.2) is 32.9 Å². The van der Waals surface area contributed by atoms with Gasteiger partial charge in [-0.2, -0.15) is 4.72 Å². The molecule has 7 nitrogen and oxygen atoms in total. The van der Waals surface area contributed by atoms with E-state index in [0.717, 1.165) is 0 Å². The number of amides is 1. The van der Waals surface area contributed by atoms with E-state index >= 15 is 0 Å². The van der Waals surface area contributed by atoms with Gasteiger partial charge in [0.25, 0.3) is 5.91 Å². The maximum absolute atomic E-state index is 12.5. The molecule has 0 aromatic heterocycles. The van der Waals surface area contributed by atoms with Gasteiger partial charge in [0.05, 0.1) is 11.5 Å². The largest absolute Gasteiger partial charge is 0.464 e. The van der Waals surface area contributed by atoms with Crippen molar-refractivity contribution < 1.29 is 22.7 Å². The van der Waals surface area contributed by atoms with Gasteiger partial charge in [-0.1, -0.05) is 18.2 Å². The molecule has 2 N–H and O–H groups in total. The summed E-state index contributed by atoms with van der Waals surface area (Å²) >= 11 is 5.94. The highest BCUT2D eigenvalue weighted by Gasteiger charge is 2.31. The number of esters is 1. The number of carbonyl (C=O) groups is 2. The lowest BCUT2D eigenvalue weighted by atomic mass is 10.1. The standard InChI is InChI=1S/C18H17ClN2O5S/c19-11-13-10-14(27(24,25)21-16-8-9-26-18(16)23)6-7-15(13)20-17(22)12-4-2-1-3-5-12/h1-7,10,16,21H,8-9,11H2,(H,20,22)/t16-/m0/s1. The highest BCUT2D eigenvalue weighted by molar-refractivity contribution is 7.89. The third kappa shape index (κ3) is 4.47. The van der Waals surface area contributed by atoms with Gasteiger partial charge in [0.1, 0.15) is 6.04 Å². The van der Waals surface area contributed by atoms with Gasteiger partial charge in [-0.25, -0.2) is 8.42 Å². The molecule has 2 aromatic carbocycles. The summed E-state index contributed by atoms with van der Waals surface area (Å²) in [5, 5.41) is 2.72. The second kappa shape index (κ2) is 8.08. The Bertz CT molecular complexity index is 963. The van der Waals surface area contributed by atoms with Crippen LogP contribution < -0.4 is 10.0 Å². The summed E-state index contributed by atoms with van der Waals surface area (Å²) in [5.41, 5.74) is 1.33. The molecule has 0 unspecified atom stereocenters. The van der Waals surface area contributed by atoms with Crippen LogP contribution in [0.25, 0.3) is 0 Å². The van der Waals surface area contributed by atoms with E-state index in [9.17, 15) is 18.0 Å². The number of carbonyl (C=O) groups excluding carboxylic acids is 2. The monoisotopic (exact) mass is 408 g/mol. The average Bonchev–Trinajstić information content (AvgIpc) is 3.06. The first-order valence-electron chi connectivity index (χ1n) is 8.15. The Morgan fingerprint density at radius 2 is 1.93 bits per heavy atom. The zero-order chi connectivity index (χ0) is 19.4. The van der Waals surface area contributed by atoms with E-state index in [1.54, 1.807) is 30.3 Å². The molecule has 0 saturated carbocycles. The summed E-state index contributed by atoms with van der Waals surface area (Å²) in [6.45, 7) is 0.184. The van der Waals surface area contributed by atoms with E-state index in [1.807, 2.05) is 0 Å². The molecule has 0 bridgehead atoms. The Morgan fingerprint density at radius 1 is 1.19 bits per heavy atom. The molecule has 0 spiro atoms. The molecular weight excluding hydrogens is 392 g/mol. The van der Waals surface area contributed by atoms with Crippen molar-refractivity contribution >= 4 is 39.2 Å². The van der Waals surface area contributed by atoms with E-state index in [0.29, 0.717) is 16.8 Å². The van der Waals surface area contributed by atoms with Crippen LogP contribution in [-0.2, 0) is 25.4 Å². The molecular formula is C18H17ClN2O5S. The van der Waals surface area contributed by atoms with Crippen LogP contribution >= 0.6 is 11.6 Å². The van der Waals surface area contributed by atoms with E-state index in [1.165, 1.54) is 18.2 Å². The van der Waals surface area contributed by atoms with Crippen molar-refractivity contribution in [3.63, 3.8) is 0 Å². The van der Waals surface area contributed by atoms with Crippen molar-refractivity contribution in [1.82, 2.24) is 4.72 Å². The molecule has 1 aliphatic rings. The first kappa shape index (κ1) is 19.3. The second-order valence-electron chi connectivity index (χ2n) is 5.90. The molecule has 142 valence electrons. The zero-order valence-corrected chi connectivity index (χ0v) is 15.7. The van der Waals surface area contributed by atoms with Gasteiger partial charge in [0.2, 0.25) is 10.0 Å². The molecule has 27 heavy (non-hydrogen) atoms. The Kier molecular flexibility index (Phi) is 5.79. The highest BCUT2D eigenvalue weighted by Crippen LogP contribution is 2.23. The Morgan fingerprint density at radius 3 is 2.56 bits per heavy atom. The van der Waals surface area contributed by atoms with Crippen molar-refractivity contribution in [2.45, 2.75) is 23.2 Å². The molecule has 1 heterocycles. The van der Waals surface area contributed by atoms with Crippen molar-refractivity contribution in [2.75, 3.05) is 11.9 Å². The molecule has 1 fully saturated rings. The van der Waals surface area contributed by atoms with Gasteiger partial charge in [0, 0.05) is 23.6 Å². The third-order valence-corrected chi connectivity index (χ3v) is 5.81. The molecule has 1 saturated heterocycles. The average molecular weight is 409 g/mol. The number of hydrogen-bond donors (Lipinski definition) is 2. The quantitative estimate of drug-likeness (QED) is 0.564. The van der Waals surface area contributed by atoms with Crippen LogP contribution in [0.3, 0.4) is 0 Å². The number of hydrogen-bond acceptors (Lipinski definition) is 5. The number of cyclic esters (lactones) is 1. The smallest absolute Gasteiger partial charge is 0.324 e. The lowest BCUT2D eigenvalue weighted by Crippen LogP contribution is -2.37. The molecule has 2 aromatic rings. The fraction of sp³-hybridized carbons (Fsp3) is 0.222. The Balaban J connectivity index is 1.81. The SMILES string of the molecule is O=C(Nc1ccc(S(=O)(=O)N[C@H]2CCOC2=O)cc1CCl)c1ccccc1. The van der Waals surface area contributed by atoms with Crippen molar-refractivity contribution in [1.29, 1.82) is 0 Å². The Hall–Kier alpha value is -2.42. The van der Waals surface area contributed by atoms with Gasteiger partial charge >= 0.3 is 5.97 Å². The lowest BCUT2D eigenvalue weighted by molar-refractivity contribution is -0.139. The fourth-order valence-corrected chi connectivity index (χ4v) is 4.10. The minimum absolute atomic E-state index is 0.000761. The number of nitrogens with one attached hydrogen (secondary N) is 2. The molecule has 1 aliphatic heterocycles. The number of anilines is 1. The third-order valence-electron chi connectivity index (χ3n) is 4.05. The summed E-state index contributed by atoms with van der Waals surface area (Å²) in [7, 11) is -3.93. The molecule has 0 aliphatic carbocycles. The normalized spacial score (nSPS) is 16.8. The number of benzene rings is 2. The van der Waals surface area contributed by atoms with Crippen molar-refractivity contribution in [2.24, 2.45) is 0 Å². The van der Waals surface area contributed by atoms with Gasteiger partial charge in [-0.3, -0.25) is 9.59 Å². The summed E-state index contributed by atoms with van der Waals surface area (Å²) in [4.78, 5) is 23.7. The van der Waals surface area contributed by atoms with Crippen LogP contribution in [0, 0.1) is 0 Å². The van der Waals surface area contributed by atoms with Crippen molar-refractivity contribution in [3.05, 3.63) is 59.7 Å². The molecule has 0 radical (unpaired) electrons. The van der Waals surface area contributed by atoms with E-state index in [4.69, 9.17) is 16.3 Å². The van der Waals surface area contributed by atoms with Crippen LogP contribution in [0.1, 0.15) is 22.3 Å². The number of alkyl halides is 1. The number of ether oxygens (including phenoxy) is 1. The predicted molar refractivity (Wildman–Crippen MR) is 100 cm³/mol. The summed E-state index contributed by atoms with van der Waals surface area (Å²) < 4.78 is 32.1. The molecule has 1 atom stereocenters. The lowest BCUT2D eigenvalue weighted by Gasteiger charge is -2.14. The molecule has 1 amide bonds. The molecule has 3 rings (SSSR count). The Labute approximate surface area is 161 Å². The van der Waals surface area contributed by atoms with Crippen LogP contribution in [0.4, 0.5) is 5.69 Å².